The lowest BCUT2D eigenvalue weighted by Crippen LogP contribution is -2.29. The lowest BCUT2D eigenvalue weighted by atomic mass is 10.1. The van der Waals surface area contributed by atoms with E-state index in [2.05, 4.69) is 24.3 Å². The molecule has 0 saturated carbocycles. The smallest absolute Gasteiger partial charge is 0.414 e. The molecule has 157 valence electrons. The van der Waals surface area contributed by atoms with Crippen LogP contribution >= 0.6 is 7.92 Å². The molecule has 31 heavy (non-hydrogen) atoms. The highest BCUT2D eigenvalue weighted by Crippen LogP contribution is 2.33. The molecule has 0 unspecified atom stereocenters. The van der Waals surface area contributed by atoms with E-state index in [9.17, 15) is 14.9 Å². The highest BCUT2D eigenvalue weighted by Gasteiger charge is 2.19. The Balaban J connectivity index is 0.00000341. The first kappa shape index (κ1) is 24.1. The number of amides is 1. The molecule has 6 nitrogen and oxygen atoms in total. The molecule has 0 N–H and O–H groups in total. The zero-order valence-corrected chi connectivity index (χ0v) is 18.4. The molecule has 0 spiro atoms. The summed E-state index contributed by atoms with van der Waals surface area (Å²) in [6.45, 7) is 2.06. The monoisotopic (exact) mass is 433 g/mol. The Hall–Kier alpha value is -3.18. The number of benzene rings is 3. The summed E-state index contributed by atoms with van der Waals surface area (Å²) in [5.41, 5.74) is 1.16. The minimum atomic E-state index is -0.660. The van der Waals surface area contributed by atoms with Crippen molar-refractivity contribution in [1.29, 1.82) is 0 Å². The lowest BCUT2D eigenvalue weighted by molar-refractivity contribution is -0.384. The summed E-state index contributed by atoms with van der Waals surface area (Å²) in [4.78, 5) is 24.5. The molecule has 3 rings (SSSR count). The van der Waals surface area contributed by atoms with Crippen LogP contribution in [0.2, 0.25) is 0 Å². The third kappa shape index (κ3) is 6.16. The molecule has 0 atom stereocenters. The van der Waals surface area contributed by atoms with E-state index in [0.29, 0.717) is 11.8 Å². The van der Waals surface area contributed by atoms with Gasteiger partial charge < -0.3 is 4.74 Å². The van der Waals surface area contributed by atoms with Gasteiger partial charge in [0, 0.05) is 33.8 Å². The van der Waals surface area contributed by atoms with Crippen LogP contribution in [-0.4, -0.2) is 39.2 Å². The molecule has 0 saturated heterocycles. The fraction of sp³-hybridized carbons (Fsp3) is 0.174. The molecule has 3 aromatic carbocycles. The highest BCUT2D eigenvalue weighted by atomic mass is 31.1. The molecule has 8 heteroatoms. The Labute approximate surface area is 185 Å². The maximum atomic E-state index is 12.6. The van der Waals surface area contributed by atoms with Crippen molar-refractivity contribution in [3.05, 3.63) is 94.5 Å². The summed E-state index contributed by atoms with van der Waals surface area (Å²) in [5, 5.41) is 13.5. The Bertz CT molecular complexity index is 979. The van der Waals surface area contributed by atoms with Crippen molar-refractivity contribution < 1.29 is 14.5 Å². The number of carbonyl (C=O) groups excluding carboxylic acids is 1. The zero-order chi connectivity index (χ0) is 21.5. The molecule has 0 aliphatic rings. The number of non-ortho nitro benzene ring substituents is 1. The predicted molar refractivity (Wildman–Crippen MR) is 127 cm³/mol. The van der Waals surface area contributed by atoms with Crippen molar-refractivity contribution in [2.24, 2.45) is 0 Å². The van der Waals surface area contributed by atoms with Crippen LogP contribution in [0.3, 0.4) is 0 Å². The van der Waals surface area contributed by atoms with Gasteiger partial charge in [0.05, 0.1) is 17.2 Å². The molecule has 0 bridgehead atoms. The summed E-state index contributed by atoms with van der Waals surface area (Å²) in [5.74, 6) is 0. The number of nitro groups is 1. The number of nitro benzene ring substituents is 1. The van der Waals surface area contributed by atoms with Crippen molar-refractivity contribution >= 4 is 44.4 Å². The van der Waals surface area contributed by atoms with Gasteiger partial charge in [-0.2, -0.15) is 0 Å². The van der Waals surface area contributed by atoms with Crippen LogP contribution in [0.25, 0.3) is 0 Å². The Morgan fingerprint density at radius 1 is 1.00 bits per heavy atom. The first-order valence-electron chi connectivity index (χ1n) is 9.50. The quantitative estimate of drug-likeness (QED) is 0.242. The predicted octanol–water partition coefficient (Wildman–Crippen LogP) is 4.23. The van der Waals surface area contributed by atoms with Gasteiger partial charge in [-0.15, -0.1) is 0 Å². The SMILES string of the molecule is Cc1ccc([N+](=O)[O-])cc1N(C)C(=O)OCCP(c1ccccc1)c1ccccc1.[B]. The van der Waals surface area contributed by atoms with Crippen LogP contribution in [0.5, 0.6) is 0 Å². The fourth-order valence-corrected chi connectivity index (χ4v) is 5.27. The van der Waals surface area contributed by atoms with Gasteiger partial charge in [-0.05, 0) is 31.0 Å². The van der Waals surface area contributed by atoms with Crippen LogP contribution in [0, 0.1) is 17.0 Å². The molecule has 0 aliphatic carbocycles. The number of hydrogen-bond donors (Lipinski definition) is 0. The average Bonchev–Trinajstić information content (AvgIpc) is 2.77. The summed E-state index contributed by atoms with van der Waals surface area (Å²) in [7, 11) is 0.901. The maximum Gasteiger partial charge on any atom is 0.414 e. The largest absolute Gasteiger partial charge is 0.449 e. The minimum Gasteiger partial charge on any atom is -0.449 e. The Morgan fingerprint density at radius 2 is 1.55 bits per heavy atom. The molecule has 3 radical (unpaired) electrons. The van der Waals surface area contributed by atoms with Gasteiger partial charge in [-0.1, -0.05) is 66.7 Å². The van der Waals surface area contributed by atoms with E-state index in [0.717, 1.165) is 5.56 Å². The summed E-state index contributed by atoms with van der Waals surface area (Å²) in [6.07, 6.45) is 0.159. The summed E-state index contributed by atoms with van der Waals surface area (Å²) < 4.78 is 5.52. The van der Waals surface area contributed by atoms with Gasteiger partial charge in [-0.25, -0.2) is 4.79 Å². The van der Waals surface area contributed by atoms with Crippen LogP contribution in [0.15, 0.2) is 78.9 Å². The van der Waals surface area contributed by atoms with E-state index in [-0.39, 0.29) is 20.7 Å². The van der Waals surface area contributed by atoms with Gasteiger partial charge in [-0.3, -0.25) is 15.0 Å². The number of rotatable bonds is 7. The number of hydrogen-bond acceptors (Lipinski definition) is 4. The van der Waals surface area contributed by atoms with E-state index in [4.69, 9.17) is 4.74 Å². The number of nitrogens with zero attached hydrogens (tertiary/aromatic N) is 2. The van der Waals surface area contributed by atoms with E-state index in [1.165, 1.54) is 27.6 Å². The lowest BCUT2D eigenvalue weighted by Gasteiger charge is -2.21. The van der Waals surface area contributed by atoms with Gasteiger partial charge >= 0.3 is 6.09 Å². The van der Waals surface area contributed by atoms with Crippen LogP contribution in [0.1, 0.15) is 5.56 Å². The minimum absolute atomic E-state index is 0. The maximum absolute atomic E-state index is 12.6. The van der Waals surface area contributed by atoms with E-state index < -0.39 is 18.9 Å². The summed E-state index contributed by atoms with van der Waals surface area (Å²) in [6, 6.07) is 24.8. The third-order valence-electron chi connectivity index (χ3n) is 4.71. The first-order valence-corrected chi connectivity index (χ1v) is 11.0. The number of ether oxygens (including phenoxy) is 1. The third-order valence-corrected chi connectivity index (χ3v) is 7.19. The highest BCUT2D eigenvalue weighted by molar-refractivity contribution is 7.73. The molecule has 0 heterocycles. The first-order chi connectivity index (χ1) is 14.5. The standard InChI is InChI=1S/C23H23N2O4P.B/c1-18-13-14-19(25(27)28)17-22(18)24(2)23(26)29-15-16-30(20-9-5-3-6-10-20)21-11-7-4-8-12-21;/h3-14,17H,15-16H2,1-2H3;. The molecular formula is C23H23BN2O4P. The van der Waals surface area contributed by atoms with Crippen molar-refractivity contribution in [2.75, 3.05) is 24.7 Å². The Kier molecular flexibility index (Phi) is 8.77. The number of carbonyl (C=O) groups is 1. The van der Waals surface area contributed by atoms with E-state index >= 15 is 0 Å². The van der Waals surface area contributed by atoms with Gasteiger partial charge in [0.1, 0.15) is 0 Å². The average molecular weight is 433 g/mol. The zero-order valence-electron chi connectivity index (χ0n) is 17.5. The molecule has 0 aliphatic heterocycles. The van der Waals surface area contributed by atoms with Crippen LogP contribution < -0.4 is 15.5 Å². The van der Waals surface area contributed by atoms with Gasteiger partial charge in [0.25, 0.3) is 5.69 Å². The number of anilines is 1. The second-order valence-corrected chi connectivity index (χ2v) is 9.06. The molecule has 0 aromatic heterocycles. The van der Waals surface area contributed by atoms with Crippen molar-refractivity contribution in [2.45, 2.75) is 6.92 Å². The second kappa shape index (κ2) is 11.3. The van der Waals surface area contributed by atoms with Crippen LogP contribution in [-0.2, 0) is 4.74 Å². The van der Waals surface area contributed by atoms with E-state index in [1.807, 2.05) is 36.4 Å². The molecule has 0 fully saturated rings. The molecule has 1 amide bonds. The second-order valence-electron chi connectivity index (χ2n) is 6.72. The van der Waals surface area contributed by atoms with Gasteiger partial charge in [0.15, 0.2) is 0 Å². The number of aryl methyl sites for hydroxylation is 1. The Morgan fingerprint density at radius 3 is 2.06 bits per heavy atom. The van der Waals surface area contributed by atoms with Crippen molar-refractivity contribution in [1.82, 2.24) is 0 Å². The summed E-state index contributed by atoms with van der Waals surface area (Å²) >= 11 is 0. The molecule has 3 aromatic rings. The van der Waals surface area contributed by atoms with E-state index in [1.54, 1.807) is 20.0 Å². The molecular weight excluding hydrogens is 410 g/mol. The van der Waals surface area contributed by atoms with Gasteiger partial charge in [0.2, 0.25) is 0 Å². The normalized spacial score (nSPS) is 10.3. The van der Waals surface area contributed by atoms with Crippen molar-refractivity contribution in [3.8, 4) is 0 Å². The van der Waals surface area contributed by atoms with Crippen LogP contribution in [0.4, 0.5) is 16.2 Å². The van der Waals surface area contributed by atoms with Crippen molar-refractivity contribution in [3.63, 3.8) is 0 Å². The fourth-order valence-electron chi connectivity index (χ4n) is 3.12. The topological polar surface area (TPSA) is 72.7 Å².